The quantitative estimate of drug-likeness (QED) is 0.254. The van der Waals surface area contributed by atoms with E-state index in [1.807, 2.05) is 60.7 Å². The van der Waals surface area contributed by atoms with Crippen molar-refractivity contribution in [1.29, 1.82) is 0 Å². The minimum absolute atomic E-state index is 0.0613. The zero-order chi connectivity index (χ0) is 30.6. The van der Waals surface area contributed by atoms with Crippen molar-refractivity contribution in [1.82, 2.24) is 10.2 Å². The molecule has 224 valence electrons. The van der Waals surface area contributed by atoms with Crippen molar-refractivity contribution in [2.75, 3.05) is 19.5 Å². The molecule has 1 N–H and O–H groups in total. The highest BCUT2D eigenvalue weighted by molar-refractivity contribution is 8.00. The largest absolute Gasteiger partial charge is 0.497 e. The number of benzene rings is 3. The maximum absolute atomic E-state index is 14.0. The van der Waals surface area contributed by atoms with Gasteiger partial charge in [-0.05, 0) is 56.2 Å². The summed E-state index contributed by atoms with van der Waals surface area (Å²) in [5.74, 6) is 0.588. The Kier molecular flexibility index (Phi) is 8.96. The smallest absolute Gasteiger partial charge is 0.408 e. The molecular weight excluding hydrogens is 568 g/mol. The Balaban J connectivity index is 1.43. The molecule has 0 spiro atoms. The number of nitrogens with zero attached hydrogens (tertiary/aromatic N) is 1. The first-order valence-corrected chi connectivity index (χ1v) is 14.9. The highest BCUT2D eigenvalue weighted by Crippen LogP contribution is 2.42. The van der Waals surface area contributed by atoms with Crippen LogP contribution in [0.25, 0.3) is 0 Å². The molecule has 9 nitrogen and oxygen atoms in total. The van der Waals surface area contributed by atoms with E-state index in [0.29, 0.717) is 22.8 Å². The average Bonchev–Trinajstić information content (AvgIpc) is 3.01. The molecule has 3 aromatic rings. The summed E-state index contributed by atoms with van der Waals surface area (Å²) >= 11 is 1.44. The Labute approximate surface area is 255 Å². The maximum Gasteiger partial charge on any atom is 0.408 e. The lowest BCUT2D eigenvalue weighted by Gasteiger charge is -2.49. The van der Waals surface area contributed by atoms with E-state index in [9.17, 15) is 14.4 Å². The molecular formula is C33H34N2O7S. The molecule has 0 saturated carbocycles. The lowest BCUT2D eigenvalue weighted by Crippen LogP contribution is -2.71. The fourth-order valence-corrected chi connectivity index (χ4v) is 6.13. The third-order valence-electron chi connectivity index (χ3n) is 6.81. The van der Waals surface area contributed by atoms with Gasteiger partial charge in [0.2, 0.25) is 0 Å². The highest BCUT2D eigenvalue weighted by Gasteiger charge is 2.55. The molecule has 10 heteroatoms. The minimum Gasteiger partial charge on any atom is -0.497 e. The Bertz CT molecular complexity index is 1450. The van der Waals surface area contributed by atoms with Crippen LogP contribution in [0.3, 0.4) is 0 Å². The monoisotopic (exact) mass is 602 g/mol. The maximum atomic E-state index is 14.0. The molecule has 0 bridgehead atoms. The number of amides is 2. The number of fused-ring (bicyclic) bond motifs is 1. The first-order chi connectivity index (χ1) is 20.6. The third-order valence-corrected chi connectivity index (χ3v) is 8.15. The Morgan fingerprint density at radius 2 is 1.51 bits per heavy atom. The summed E-state index contributed by atoms with van der Waals surface area (Å²) in [6.45, 7) is 5.31. The summed E-state index contributed by atoms with van der Waals surface area (Å²) in [6, 6.07) is 25.1. The zero-order valence-corrected chi connectivity index (χ0v) is 25.3. The van der Waals surface area contributed by atoms with Crippen molar-refractivity contribution in [2.45, 2.75) is 43.9 Å². The number of carbonyl (C=O) groups is 3. The molecule has 0 aromatic heterocycles. The Morgan fingerprint density at radius 1 is 0.930 bits per heavy atom. The summed E-state index contributed by atoms with van der Waals surface area (Å²) in [5, 5.41) is 2.17. The van der Waals surface area contributed by atoms with E-state index in [1.54, 1.807) is 52.1 Å². The number of esters is 1. The van der Waals surface area contributed by atoms with Gasteiger partial charge in [0.05, 0.1) is 7.11 Å². The lowest BCUT2D eigenvalue weighted by molar-refractivity contribution is -0.153. The Morgan fingerprint density at radius 3 is 2.07 bits per heavy atom. The minimum atomic E-state index is -0.842. The predicted molar refractivity (Wildman–Crippen MR) is 163 cm³/mol. The topological polar surface area (TPSA) is 103 Å². The van der Waals surface area contributed by atoms with E-state index < -0.39 is 41.1 Å². The van der Waals surface area contributed by atoms with Crippen LogP contribution in [0.1, 0.15) is 38.0 Å². The third kappa shape index (κ3) is 6.97. The molecule has 2 aliphatic heterocycles. The van der Waals surface area contributed by atoms with Crippen LogP contribution in [0.2, 0.25) is 0 Å². The van der Waals surface area contributed by atoms with Crippen LogP contribution in [-0.4, -0.2) is 59.4 Å². The molecule has 2 heterocycles. The van der Waals surface area contributed by atoms with Crippen molar-refractivity contribution < 1.29 is 33.3 Å². The molecule has 1 fully saturated rings. The first-order valence-electron chi connectivity index (χ1n) is 13.9. The van der Waals surface area contributed by atoms with E-state index >= 15 is 0 Å². The van der Waals surface area contributed by atoms with Gasteiger partial charge in [-0.3, -0.25) is 9.69 Å². The van der Waals surface area contributed by atoms with E-state index in [2.05, 4.69) is 5.32 Å². The molecule has 5 rings (SSSR count). The number of hydrogen-bond acceptors (Lipinski definition) is 8. The van der Waals surface area contributed by atoms with Gasteiger partial charge in [0, 0.05) is 11.3 Å². The van der Waals surface area contributed by atoms with Gasteiger partial charge >= 0.3 is 12.1 Å². The number of carbonyl (C=O) groups excluding carboxylic acids is 3. The number of rotatable bonds is 9. The van der Waals surface area contributed by atoms with Crippen molar-refractivity contribution >= 4 is 29.7 Å². The van der Waals surface area contributed by atoms with Crippen LogP contribution in [0, 0.1) is 0 Å². The fourth-order valence-electron chi connectivity index (χ4n) is 4.81. The van der Waals surface area contributed by atoms with Gasteiger partial charge < -0.3 is 24.3 Å². The van der Waals surface area contributed by atoms with Crippen molar-refractivity contribution in [3.8, 4) is 11.5 Å². The predicted octanol–water partition coefficient (Wildman–Crippen LogP) is 5.47. The lowest BCUT2D eigenvalue weighted by atomic mass is 10.0. The summed E-state index contributed by atoms with van der Waals surface area (Å²) in [4.78, 5) is 41.4. The second-order valence-electron chi connectivity index (χ2n) is 11.1. The van der Waals surface area contributed by atoms with E-state index in [-0.39, 0.29) is 12.3 Å². The van der Waals surface area contributed by atoms with Crippen LogP contribution < -0.4 is 14.8 Å². The van der Waals surface area contributed by atoms with Crippen LogP contribution in [0.4, 0.5) is 4.79 Å². The second-order valence-corrected chi connectivity index (χ2v) is 12.2. The number of nitrogens with one attached hydrogen (secondary N) is 1. The molecule has 2 atom stereocenters. The summed E-state index contributed by atoms with van der Waals surface area (Å²) in [5.41, 5.74) is 1.59. The highest BCUT2D eigenvalue weighted by atomic mass is 32.2. The molecule has 0 aliphatic carbocycles. The van der Waals surface area contributed by atoms with Gasteiger partial charge in [-0.1, -0.05) is 60.7 Å². The molecule has 3 aromatic carbocycles. The first kappa shape index (κ1) is 30.0. The summed E-state index contributed by atoms with van der Waals surface area (Å²) < 4.78 is 22.8. The zero-order valence-electron chi connectivity index (χ0n) is 24.4. The number of methoxy groups -OCH3 is 1. The second kappa shape index (κ2) is 12.8. The Hall–Kier alpha value is -4.44. The number of hydrogen-bond donors (Lipinski definition) is 1. The number of β-lactam (4-membered cyclic amide) rings is 1. The fraction of sp³-hybridized carbons (Fsp3) is 0.303. The van der Waals surface area contributed by atoms with Gasteiger partial charge in [0.15, 0.2) is 6.10 Å². The van der Waals surface area contributed by atoms with Crippen LogP contribution >= 0.6 is 11.8 Å². The van der Waals surface area contributed by atoms with Crippen LogP contribution in [0.15, 0.2) is 96.2 Å². The van der Waals surface area contributed by atoms with Gasteiger partial charge in [0.25, 0.3) is 5.91 Å². The molecule has 2 aliphatic rings. The number of ether oxygens (including phenoxy) is 4. The van der Waals surface area contributed by atoms with Gasteiger partial charge in [-0.15, -0.1) is 11.8 Å². The molecule has 1 saturated heterocycles. The molecule has 2 amide bonds. The average molecular weight is 603 g/mol. The molecule has 0 radical (unpaired) electrons. The van der Waals surface area contributed by atoms with Crippen molar-refractivity contribution in [3.05, 3.63) is 107 Å². The van der Waals surface area contributed by atoms with E-state index in [0.717, 1.165) is 11.1 Å². The normalized spacial score (nSPS) is 18.0. The standard InChI is InChI=1S/C33H34N2O7S/c1-33(2,3)42-32(38)34-26-29(36)35-27(23(20-43-30(26)35)19-40-25-17-15-24(39-4)16-18-25)31(37)41-28(21-11-7-5-8-12-21)22-13-9-6-10-14-22/h5-18,26,28,30H,19-20H2,1-4H3,(H,34,38)/t26?,30-/m0/s1. The van der Waals surface area contributed by atoms with Crippen LogP contribution in [-0.2, 0) is 19.1 Å². The van der Waals surface area contributed by atoms with Crippen LogP contribution in [0.5, 0.6) is 11.5 Å². The molecule has 1 unspecified atom stereocenters. The van der Waals surface area contributed by atoms with Crippen molar-refractivity contribution in [2.24, 2.45) is 0 Å². The summed E-state index contributed by atoms with van der Waals surface area (Å²) in [7, 11) is 1.58. The number of thioether (sulfide) groups is 1. The molecule has 43 heavy (non-hydrogen) atoms. The van der Waals surface area contributed by atoms with Gasteiger partial charge in [-0.2, -0.15) is 0 Å². The van der Waals surface area contributed by atoms with E-state index in [1.165, 1.54) is 16.7 Å². The SMILES string of the molecule is COc1ccc(OCC2=C(C(=O)OC(c3ccccc3)c3ccccc3)N3C(=O)C(NC(=O)OC(C)(C)C)[C@@H]3SC2)cc1. The summed E-state index contributed by atoms with van der Waals surface area (Å²) in [6.07, 6.45) is -1.40. The van der Waals surface area contributed by atoms with Gasteiger partial charge in [0.1, 0.15) is 40.8 Å². The van der Waals surface area contributed by atoms with E-state index in [4.69, 9.17) is 18.9 Å². The number of alkyl carbamates (subject to hydrolysis) is 1. The van der Waals surface area contributed by atoms with Crippen molar-refractivity contribution in [3.63, 3.8) is 0 Å². The van der Waals surface area contributed by atoms with Gasteiger partial charge in [-0.25, -0.2) is 9.59 Å².